The predicted molar refractivity (Wildman–Crippen MR) is 102 cm³/mol. The zero-order valence-corrected chi connectivity index (χ0v) is 17.6. The van der Waals surface area contributed by atoms with E-state index in [4.69, 9.17) is 18.9 Å². The smallest absolute Gasteiger partial charge is 0.291 e. The Hall–Kier alpha value is -1.59. The highest BCUT2D eigenvalue weighted by molar-refractivity contribution is 5.44. The van der Waals surface area contributed by atoms with Gasteiger partial charge in [-0.25, -0.2) is 9.78 Å². The molecule has 4 aliphatic rings. The van der Waals surface area contributed by atoms with Crippen LogP contribution in [-0.4, -0.2) is 18.8 Å². The predicted octanol–water partition coefficient (Wildman–Crippen LogP) is 4.23. The molecule has 0 N–H and O–H groups in total. The van der Waals surface area contributed by atoms with E-state index < -0.39 is 5.60 Å². The van der Waals surface area contributed by atoms with E-state index >= 15 is 0 Å². The van der Waals surface area contributed by atoms with Gasteiger partial charge in [-0.2, -0.15) is 0 Å². The van der Waals surface area contributed by atoms with Gasteiger partial charge in [0, 0.05) is 22.3 Å². The summed E-state index contributed by atoms with van der Waals surface area (Å²) in [6.07, 6.45) is 3.09. The molecule has 5 rings (SSSR count). The molecular weight excluding hydrogens is 344 g/mol. The fraction of sp³-hybridized carbons (Fsp3) is 0.682. The minimum atomic E-state index is -0.558. The van der Waals surface area contributed by atoms with Crippen molar-refractivity contribution in [1.29, 1.82) is 0 Å². The van der Waals surface area contributed by atoms with Crippen LogP contribution in [0, 0.1) is 31.1 Å². The van der Waals surface area contributed by atoms with Crippen LogP contribution in [-0.2, 0) is 15.2 Å². The number of ether oxygens (including phenoxy) is 1. The first-order chi connectivity index (χ1) is 12.6. The third-order valence-corrected chi connectivity index (χ3v) is 7.69. The zero-order valence-electron chi connectivity index (χ0n) is 17.6. The summed E-state index contributed by atoms with van der Waals surface area (Å²) >= 11 is 0. The SMILES string of the molecule is CC[C@@H]1[C@@](C)(c2oc(OC)c(C)c(=O)c2C)[C@H]2C3(C)C=C(C)C(OO3)[C@@]12C. The Kier molecular flexibility index (Phi) is 3.81. The average Bonchev–Trinajstić information content (AvgIpc) is 2.58. The number of methoxy groups -OCH3 is 1. The second-order valence-electron chi connectivity index (χ2n) is 9.18. The Balaban J connectivity index is 1.97. The van der Waals surface area contributed by atoms with Gasteiger partial charge in [0.05, 0.1) is 12.7 Å². The van der Waals surface area contributed by atoms with Gasteiger partial charge in [-0.3, -0.25) is 4.79 Å². The van der Waals surface area contributed by atoms with Crippen LogP contribution in [0.5, 0.6) is 5.95 Å². The molecule has 0 radical (unpaired) electrons. The summed E-state index contributed by atoms with van der Waals surface area (Å²) in [6.45, 7) is 14.5. The van der Waals surface area contributed by atoms with Gasteiger partial charge in [-0.05, 0) is 45.3 Å². The van der Waals surface area contributed by atoms with Gasteiger partial charge in [0.25, 0.3) is 5.95 Å². The van der Waals surface area contributed by atoms with Gasteiger partial charge in [-0.1, -0.05) is 27.2 Å². The third-order valence-electron chi connectivity index (χ3n) is 7.69. The molecule has 2 aliphatic heterocycles. The van der Waals surface area contributed by atoms with Crippen molar-refractivity contribution in [2.45, 2.75) is 72.0 Å². The highest BCUT2D eigenvalue weighted by Gasteiger charge is 2.78. The molecule has 5 nitrogen and oxygen atoms in total. The Morgan fingerprint density at radius 2 is 1.81 bits per heavy atom. The Bertz CT molecular complexity index is 899. The molecule has 1 saturated carbocycles. The maximum atomic E-state index is 12.9. The summed E-state index contributed by atoms with van der Waals surface area (Å²) in [5.74, 6) is 1.47. The van der Waals surface area contributed by atoms with E-state index in [1.165, 1.54) is 5.57 Å². The molecule has 148 valence electrons. The maximum absolute atomic E-state index is 12.9. The van der Waals surface area contributed by atoms with Crippen LogP contribution in [0.2, 0.25) is 0 Å². The Labute approximate surface area is 160 Å². The molecule has 2 aliphatic carbocycles. The van der Waals surface area contributed by atoms with E-state index in [0.29, 0.717) is 23.0 Å². The minimum absolute atomic E-state index is 0.00667. The molecule has 2 fully saturated rings. The molecule has 5 heteroatoms. The number of hydrogen-bond donors (Lipinski definition) is 0. The number of fused-ring (bicyclic) bond motifs is 1. The molecular formula is C22H30O5. The Morgan fingerprint density at radius 1 is 1.15 bits per heavy atom. The van der Waals surface area contributed by atoms with Gasteiger partial charge in [0.2, 0.25) is 0 Å². The summed E-state index contributed by atoms with van der Waals surface area (Å²) in [5, 5.41) is 0. The van der Waals surface area contributed by atoms with Gasteiger partial charge < -0.3 is 9.15 Å². The lowest BCUT2D eigenvalue weighted by molar-refractivity contribution is -0.478. The van der Waals surface area contributed by atoms with E-state index in [2.05, 4.69) is 40.7 Å². The summed E-state index contributed by atoms with van der Waals surface area (Å²) in [5.41, 5.74) is 1.43. The van der Waals surface area contributed by atoms with Crippen molar-refractivity contribution in [1.82, 2.24) is 0 Å². The van der Waals surface area contributed by atoms with Crippen LogP contribution in [0.3, 0.4) is 0 Å². The quantitative estimate of drug-likeness (QED) is 0.585. The van der Waals surface area contributed by atoms with Crippen molar-refractivity contribution >= 4 is 0 Å². The fourth-order valence-corrected chi connectivity index (χ4v) is 7.24. The van der Waals surface area contributed by atoms with Gasteiger partial charge in [-0.15, -0.1) is 0 Å². The summed E-state index contributed by atoms with van der Waals surface area (Å²) < 4.78 is 11.6. The minimum Gasteiger partial charge on any atom is -0.468 e. The largest absolute Gasteiger partial charge is 0.468 e. The van der Waals surface area contributed by atoms with E-state index in [1.807, 2.05) is 6.92 Å². The Morgan fingerprint density at radius 3 is 2.37 bits per heavy atom. The standard InChI is InChI=1S/C22H30O5/c1-9-14-21(6)16-11(2)10-20(5,27-26-16)19(21)22(14,7)17-12(3)15(23)13(4)18(24-8)25-17/h10,14,16,19H,9H2,1-8H3/t14-,16?,19-,20?,21+,22-/m0/s1. The maximum Gasteiger partial charge on any atom is 0.291 e. The van der Waals surface area contributed by atoms with E-state index in [9.17, 15) is 4.79 Å². The molecule has 27 heavy (non-hydrogen) atoms. The first-order valence-corrected chi connectivity index (χ1v) is 9.79. The van der Waals surface area contributed by atoms with Crippen LogP contribution in [0.15, 0.2) is 20.9 Å². The van der Waals surface area contributed by atoms with Crippen molar-refractivity contribution in [2.75, 3.05) is 7.11 Å². The molecule has 3 heterocycles. The molecule has 2 bridgehead atoms. The van der Waals surface area contributed by atoms with Gasteiger partial charge in [0.1, 0.15) is 17.5 Å². The summed E-state index contributed by atoms with van der Waals surface area (Å²) in [6, 6.07) is 0. The lowest BCUT2D eigenvalue weighted by atomic mass is 9.32. The molecule has 2 unspecified atom stereocenters. The highest BCUT2D eigenvalue weighted by Crippen LogP contribution is 2.75. The molecule has 0 aromatic carbocycles. The second-order valence-corrected chi connectivity index (χ2v) is 9.18. The van der Waals surface area contributed by atoms with Crippen LogP contribution >= 0.6 is 0 Å². The lowest BCUT2D eigenvalue weighted by Gasteiger charge is -2.75. The summed E-state index contributed by atoms with van der Waals surface area (Å²) in [4.78, 5) is 24.6. The van der Waals surface area contributed by atoms with E-state index in [-0.39, 0.29) is 28.3 Å². The summed E-state index contributed by atoms with van der Waals surface area (Å²) in [7, 11) is 1.54. The lowest BCUT2D eigenvalue weighted by Crippen LogP contribution is -2.79. The first-order valence-electron chi connectivity index (χ1n) is 9.79. The second kappa shape index (κ2) is 5.48. The average molecular weight is 374 g/mol. The van der Waals surface area contributed by atoms with Crippen molar-refractivity contribution in [3.8, 4) is 5.95 Å². The fourth-order valence-electron chi connectivity index (χ4n) is 7.24. The van der Waals surface area contributed by atoms with Crippen molar-refractivity contribution in [3.63, 3.8) is 0 Å². The van der Waals surface area contributed by atoms with Crippen molar-refractivity contribution < 1.29 is 18.9 Å². The molecule has 0 amide bonds. The zero-order chi connectivity index (χ0) is 19.9. The molecule has 0 spiro atoms. The van der Waals surface area contributed by atoms with Crippen molar-refractivity contribution in [3.05, 3.63) is 38.8 Å². The molecule has 6 atom stereocenters. The van der Waals surface area contributed by atoms with E-state index in [0.717, 1.165) is 12.2 Å². The number of rotatable bonds is 3. The van der Waals surface area contributed by atoms with E-state index in [1.54, 1.807) is 14.0 Å². The van der Waals surface area contributed by atoms with Crippen molar-refractivity contribution in [2.24, 2.45) is 17.3 Å². The first kappa shape index (κ1) is 18.8. The van der Waals surface area contributed by atoms with Crippen LogP contribution in [0.4, 0.5) is 0 Å². The molecule has 1 aromatic rings. The van der Waals surface area contributed by atoms with Crippen LogP contribution < -0.4 is 10.2 Å². The normalized spacial score (nSPS) is 42.4. The van der Waals surface area contributed by atoms with Gasteiger partial charge in [0.15, 0.2) is 5.43 Å². The van der Waals surface area contributed by atoms with Crippen LogP contribution in [0.25, 0.3) is 0 Å². The van der Waals surface area contributed by atoms with Crippen LogP contribution in [0.1, 0.15) is 57.9 Å². The molecule has 1 aromatic heterocycles. The third kappa shape index (κ3) is 1.94. The highest BCUT2D eigenvalue weighted by atomic mass is 17.2. The monoisotopic (exact) mass is 374 g/mol. The van der Waals surface area contributed by atoms with Gasteiger partial charge >= 0.3 is 0 Å². The molecule has 1 saturated heterocycles. The number of hydrogen-bond acceptors (Lipinski definition) is 5. The topological polar surface area (TPSA) is 57.9 Å².